The van der Waals surface area contributed by atoms with Crippen molar-refractivity contribution < 1.29 is 23.0 Å². The van der Waals surface area contributed by atoms with E-state index in [1.807, 2.05) is 0 Å². The Morgan fingerprint density at radius 2 is 1.64 bits per heavy atom. The molecule has 0 aliphatic carbocycles. The smallest absolute Gasteiger partial charge is 0.367 e. The van der Waals surface area contributed by atoms with Gasteiger partial charge in [0.25, 0.3) is 0 Å². The lowest BCUT2D eigenvalue weighted by atomic mass is 9.83. The lowest BCUT2D eigenvalue weighted by Gasteiger charge is -2.31. The molecule has 1 saturated heterocycles. The van der Waals surface area contributed by atoms with Gasteiger partial charge in [0.1, 0.15) is 0 Å². The number of benzene rings is 2. The minimum absolute atomic E-state index is 0.0513. The average Bonchev–Trinajstić information content (AvgIpc) is 2.85. The zero-order valence-electron chi connectivity index (χ0n) is 12.5. The van der Waals surface area contributed by atoms with Crippen molar-refractivity contribution in [3.63, 3.8) is 0 Å². The zero-order chi connectivity index (χ0) is 18.4. The molecule has 2 aromatic carbocycles. The van der Waals surface area contributed by atoms with E-state index in [0.29, 0.717) is 10.6 Å². The summed E-state index contributed by atoms with van der Waals surface area (Å²) < 4.78 is 47.0. The highest BCUT2D eigenvalue weighted by atomic mass is 35.5. The summed E-state index contributed by atoms with van der Waals surface area (Å²) in [5, 5.41) is 10.7. The topological polar surface area (TPSA) is 29.5 Å². The summed E-state index contributed by atoms with van der Waals surface area (Å²) in [6.07, 6.45) is -6.96. The van der Waals surface area contributed by atoms with E-state index >= 15 is 0 Å². The van der Waals surface area contributed by atoms with E-state index in [0.717, 1.165) is 12.1 Å². The second-order valence-corrected chi connectivity index (χ2v) is 7.17. The fourth-order valence-electron chi connectivity index (χ4n) is 3.09. The largest absolute Gasteiger partial charge is 0.421 e. The van der Waals surface area contributed by atoms with Crippen LogP contribution in [0.5, 0.6) is 0 Å². The molecule has 1 aliphatic heterocycles. The Hall–Kier alpha value is -0.980. The van der Waals surface area contributed by atoms with Crippen LogP contribution in [0.25, 0.3) is 0 Å². The number of ether oxygens (including phenoxy) is 1. The third-order valence-corrected chi connectivity index (χ3v) is 4.91. The first-order valence-corrected chi connectivity index (χ1v) is 8.40. The first-order chi connectivity index (χ1) is 11.6. The Labute approximate surface area is 157 Å². The van der Waals surface area contributed by atoms with Crippen molar-refractivity contribution in [1.82, 2.24) is 0 Å². The zero-order valence-corrected chi connectivity index (χ0v) is 14.8. The van der Waals surface area contributed by atoms with Crippen molar-refractivity contribution >= 4 is 34.8 Å². The number of aliphatic hydroxyl groups excluding tert-OH is 1. The molecule has 0 saturated carbocycles. The van der Waals surface area contributed by atoms with Gasteiger partial charge in [-0.1, -0.05) is 46.9 Å². The van der Waals surface area contributed by atoms with Gasteiger partial charge in [-0.25, -0.2) is 0 Å². The fourth-order valence-corrected chi connectivity index (χ4v) is 3.81. The molecule has 8 heteroatoms. The third kappa shape index (κ3) is 3.49. The van der Waals surface area contributed by atoms with Crippen LogP contribution in [-0.2, 0) is 10.3 Å². The van der Waals surface area contributed by atoms with Crippen molar-refractivity contribution in [2.45, 2.75) is 30.4 Å². The number of aliphatic hydroxyl groups is 1. The van der Waals surface area contributed by atoms with Crippen LogP contribution < -0.4 is 0 Å². The molecule has 1 aliphatic rings. The molecule has 0 aromatic heterocycles. The molecule has 1 fully saturated rings. The normalized spacial score (nSPS) is 26.8. The van der Waals surface area contributed by atoms with Crippen LogP contribution in [0.2, 0.25) is 15.1 Å². The monoisotopic (exact) mass is 410 g/mol. The molecule has 0 bridgehead atoms. The van der Waals surface area contributed by atoms with Crippen LogP contribution in [0.1, 0.15) is 23.5 Å². The van der Waals surface area contributed by atoms with Crippen molar-refractivity contribution in [1.29, 1.82) is 0 Å². The molecule has 134 valence electrons. The van der Waals surface area contributed by atoms with Gasteiger partial charge in [-0.2, -0.15) is 13.2 Å². The third-order valence-electron chi connectivity index (χ3n) is 4.24. The summed E-state index contributed by atoms with van der Waals surface area (Å²) in [4.78, 5) is 0. The minimum Gasteiger partial charge on any atom is -0.367 e. The minimum atomic E-state index is -4.78. The summed E-state index contributed by atoms with van der Waals surface area (Å²) in [6.45, 7) is 0. The fraction of sp³-hybridized carbons (Fsp3) is 0.294. The first-order valence-electron chi connectivity index (χ1n) is 7.27. The maximum atomic E-state index is 14.0. The first kappa shape index (κ1) is 18.8. The Kier molecular flexibility index (Phi) is 4.99. The molecule has 0 spiro atoms. The van der Waals surface area contributed by atoms with Gasteiger partial charge < -0.3 is 9.84 Å². The molecular weight excluding hydrogens is 400 g/mol. The summed E-state index contributed by atoms with van der Waals surface area (Å²) in [7, 11) is 0. The van der Waals surface area contributed by atoms with Crippen molar-refractivity contribution in [2.24, 2.45) is 0 Å². The van der Waals surface area contributed by atoms with Gasteiger partial charge >= 0.3 is 6.18 Å². The van der Waals surface area contributed by atoms with E-state index in [9.17, 15) is 18.3 Å². The van der Waals surface area contributed by atoms with Gasteiger partial charge in [0.05, 0.1) is 0 Å². The van der Waals surface area contributed by atoms with E-state index in [2.05, 4.69) is 0 Å². The molecule has 3 unspecified atom stereocenters. The molecule has 25 heavy (non-hydrogen) atoms. The second-order valence-electron chi connectivity index (χ2n) is 5.86. The van der Waals surface area contributed by atoms with E-state index < -0.39 is 30.4 Å². The molecule has 1 heterocycles. The predicted molar refractivity (Wildman–Crippen MR) is 90.1 cm³/mol. The van der Waals surface area contributed by atoms with Crippen molar-refractivity contribution in [3.05, 3.63) is 68.7 Å². The molecule has 0 radical (unpaired) electrons. The van der Waals surface area contributed by atoms with Crippen molar-refractivity contribution in [3.8, 4) is 0 Å². The highest BCUT2D eigenvalue weighted by Gasteiger charge is 2.64. The molecule has 3 rings (SSSR count). The SMILES string of the molecule is OC1OC(c2cc(Cl)cc(Cl)c2)(C(F)(F)F)CC1c1cccc(Cl)c1. The lowest BCUT2D eigenvalue weighted by molar-refractivity contribution is -0.297. The van der Waals surface area contributed by atoms with Crippen LogP contribution in [-0.4, -0.2) is 17.6 Å². The van der Waals surface area contributed by atoms with Crippen LogP contribution in [0, 0.1) is 0 Å². The van der Waals surface area contributed by atoms with E-state index in [1.54, 1.807) is 18.2 Å². The summed E-state index contributed by atoms with van der Waals surface area (Å²) in [6, 6.07) is 9.93. The van der Waals surface area contributed by atoms with Crippen molar-refractivity contribution in [2.75, 3.05) is 0 Å². The second kappa shape index (κ2) is 6.63. The molecule has 3 atom stereocenters. The van der Waals surface area contributed by atoms with E-state index in [4.69, 9.17) is 39.5 Å². The standard InChI is InChI=1S/C17H12Cl3F3O2/c18-11-3-1-2-9(4-11)14-8-16(17(21,22)23,25-15(14)24)10-5-12(19)7-13(20)6-10/h1-7,14-15,24H,8H2. The Balaban J connectivity index is 2.09. The Bertz CT molecular complexity index is 777. The van der Waals surface area contributed by atoms with Gasteiger partial charge in [0, 0.05) is 27.4 Å². The van der Waals surface area contributed by atoms with Crippen LogP contribution in [0.3, 0.4) is 0 Å². The molecule has 2 aromatic rings. The summed E-state index contributed by atoms with van der Waals surface area (Å²) in [5.74, 6) is -0.905. The van der Waals surface area contributed by atoms with E-state index in [-0.39, 0.29) is 15.6 Å². The molecule has 2 nitrogen and oxygen atoms in total. The summed E-state index contributed by atoms with van der Waals surface area (Å²) in [5.41, 5.74) is -2.51. The number of halogens is 6. The van der Waals surface area contributed by atoms with Gasteiger partial charge in [0.2, 0.25) is 0 Å². The molecule has 0 amide bonds. The molecular formula is C17H12Cl3F3O2. The maximum Gasteiger partial charge on any atom is 0.421 e. The quantitative estimate of drug-likeness (QED) is 0.664. The number of hydrogen-bond donors (Lipinski definition) is 1. The van der Waals surface area contributed by atoms with Gasteiger partial charge in [0.15, 0.2) is 11.9 Å². The van der Waals surface area contributed by atoms with Crippen LogP contribution >= 0.6 is 34.8 Å². The van der Waals surface area contributed by atoms with Gasteiger partial charge in [-0.05, 0) is 41.5 Å². The number of hydrogen-bond acceptors (Lipinski definition) is 2. The maximum absolute atomic E-state index is 14.0. The highest BCUT2D eigenvalue weighted by molar-refractivity contribution is 6.34. The Morgan fingerprint density at radius 3 is 2.20 bits per heavy atom. The van der Waals surface area contributed by atoms with E-state index in [1.165, 1.54) is 12.1 Å². The van der Waals surface area contributed by atoms with Gasteiger partial charge in [-0.3, -0.25) is 0 Å². The predicted octanol–water partition coefficient (Wildman–Crippen LogP) is 5.93. The van der Waals surface area contributed by atoms with Crippen LogP contribution in [0.4, 0.5) is 13.2 Å². The van der Waals surface area contributed by atoms with Crippen LogP contribution in [0.15, 0.2) is 42.5 Å². The molecule has 1 N–H and O–H groups in total. The number of alkyl halides is 3. The summed E-state index contributed by atoms with van der Waals surface area (Å²) >= 11 is 17.6. The number of rotatable bonds is 2. The van der Waals surface area contributed by atoms with Gasteiger partial charge in [-0.15, -0.1) is 0 Å². The lowest BCUT2D eigenvalue weighted by Crippen LogP contribution is -2.42. The highest BCUT2D eigenvalue weighted by Crippen LogP contribution is 2.55. The Morgan fingerprint density at radius 1 is 1.00 bits per heavy atom. The average molecular weight is 412 g/mol.